The smallest absolute Gasteiger partial charge is 0.326 e. The molecule has 0 bridgehead atoms. The van der Waals surface area contributed by atoms with E-state index in [1.807, 2.05) is 0 Å². The molecule has 4 unspecified atom stereocenters. The van der Waals surface area contributed by atoms with Gasteiger partial charge in [-0.25, -0.2) is 4.79 Å². The zero-order valence-corrected chi connectivity index (χ0v) is 19.5. The zero-order valence-electron chi connectivity index (χ0n) is 18.6. The van der Waals surface area contributed by atoms with Gasteiger partial charge < -0.3 is 42.7 Å². The third kappa shape index (κ3) is 13.0. The molecule has 0 fully saturated rings. The van der Waals surface area contributed by atoms with E-state index in [9.17, 15) is 33.9 Å². The van der Waals surface area contributed by atoms with Crippen LogP contribution >= 0.6 is 12.6 Å². The molecule has 0 heterocycles. The van der Waals surface area contributed by atoms with Crippen LogP contribution in [0.5, 0.6) is 0 Å². The number of carbonyl (C=O) groups excluding carboxylic acids is 3. The lowest BCUT2D eigenvalue weighted by Crippen LogP contribution is -2.57. The average molecular weight is 508 g/mol. The summed E-state index contributed by atoms with van der Waals surface area (Å²) in [6.07, 6.45) is -0.325. The van der Waals surface area contributed by atoms with Gasteiger partial charge in [0.25, 0.3) is 0 Å². The minimum Gasteiger partial charge on any atom is -0.481 e. The summed E-state index contributed by atoms with van der Waals surface area (Å²) in [4.78, 5) is 70.4. The Labute approximate surface area is 201 Å². The molecule has 194 valence electrons. The van der Waals surface area contributed by atoms with Gasteiger partial charge in [-0.15, -0.1) is 0 Å². The van der Waals surface area contributed by atoms with E-state index < -0.39 is 66.2 Å². The first-order valence-corrected chi connectivity index (χ1v) is 11.2. The number of carbonyl (C=O) groups is 6. The summed E-state index contributed by atoms with van der Waals surface area (Å²) in [6, 6.07) is -5.15. The van der Waals surface area contributed by atoms with E-state index in [0.717, 1.165) is 0 Å². The Morgan fingerprint density at radius 3 is 1.71 bits per heavy atom. The Morgan fingerprint density at radius 2 is 1.21 bits per heavy atom. The predicted octanol–water partition coefficient (Wildman–Crippen LogP) is -2.36. The lowest BCUT2D eigenvalue weighted by atomic mass is 10.1. The Bertz CT molecular complexity index is 737. The van der Waals surface area contributed by atoms with E-state index in [2.05, 4.69) is 28.6 Å². The van der Waals surface area contributed by atoms with Crippen molar-refractivity contribution < 1.29 is 44.1 Å². The summed E-state index contributed by atoms with van der Waals surface area (Å²) in [5.74, 6) is -6.51. The van der Waals surface area contributed by atoms with Crippen molar-refractivity contribution >= 4 is 48.3 Å². The second kappa shape index (κ2) is 16.7. The molecule has 0 aliphatic heterocycles. The number of aliphatic carboxylic acids is 3. The topological polar surface area (TPSA) is 251 Å². The van der Waals surface area contributed by atoms with Gasteiger partial charge in [-0.05, 0) is 38.6 Å². The number of carboxylic acids is 3. The van der Waals surface area contributed by atoms with Crippen molar-refractivity contribution in [3.8, 4) is 0 Å². The average Bonchev–Trinajstić information content (AvgIpc) is 2.76. The molecular formula is C19H33N5O9S. The van der Waals surface area contributed by atoms with Crippen molar-refractivity contribution in [2.75, 3.05) is 12.3 Å². The Morgan fingerprint density at radius 1 is 0.706 bits per heavy atom. The minimum atomic E-state index is -1.40. The first-order chi connectivity index (χ1) is 15.9. The van der Waals surface area contributed by atoms with Crippen LogP contribution in [0.15, 0.2) is 0 Å². The fourth-order valence-electron chi connectivity index (χ4n) is 2.71. The van der Waals surface area contributed by atoms with Gasteiger partial charge in [0.2, 0.25) is 17.7 Å². The molecule has 0 saturated carbocycles. The highest BCUT2D eigenvalue weighted by Gasteiger charge is 2.30. The molecule has 0 spiro atoms. The van der Waals surface area contributed by atoms with Crippen LogP contribution in [0.2, 0.25) is 0 Å². The molecule has 0 rings (SSSR count). The number of nitrogens with two attached hydrogens (primary N) is 2. The van der Waals surface area contributed by atoms with Crippen molar-refractivity contribution in [3.05, 3.63) is 0 Å². The molecule has 0 aromatic carbocycles. The summed E-state index contributed by atoms with van der Waals surface area (Å²) in [7, 11) is 0. The Balaban J connectivity index is 5.27. The largest absolute Gasteiger partial charge is 0.481 e. The maximum atomic E-state index is 12.6. The Hall–Kier alpha value is -2.91. The summed E-state index contributed by atoms with van der Waals surface area (Å²) in [5.41, 5.74) is 11.0. The first-order valence-electron chi connectivity index (χ1n) is 10.6. The molecule has 0 aromatic heterocycles. The number of nitrogens with one attached hydrogen (secondary N) is 3. The van der Waals surface area contributed by atoms with Gasteiger partial charge in [-0.2, -0.15) is 12.6 Å². The van der Waals surface area contributed by atoms with Gasteiger partial charge >= 0.3 is 17.9 Å². The standard InChI is InChI=1S/C19H33N5O9S/c20-8-2-1-3-12(19(32)33)23-17(30)11(5-7-15(27)28)22-18(31)13(9-34)24-16(29)10(21)4-6-14(25)26/h10-13,34H,1-9,20-21H2,(H,22,31)(H,23,30)(H,24,29)(H,25,26)(H,27,28)(H,32,33). The zero-order chi connectivity index (χ0) is 26.3. The quantitative estimate of drug-likeness (QED) is 0.0700. The fraction of sp³-hybridized carbons (Fsp3) is 0.684. The molecule has 34 heavy (non-hydrogen) atoms. The van der Waals surface area contributed by atoms with Gasteiger partial charge in [0.15, 0.2) is 0 Å². The van der Waals surface area contributed by atoms with Crippen LogP contribution in [0, 0.1) is 0 Å². The molecule has 10 N–H and O–H groups in total. The van der Waals surface area contributed by atoms with Crippen LogP contribution in [0.1, 0.15) is 44.9 Å². The lowest BCUT2D eigenvalue weighted by molar-refractivity contribution is -0.143. The van der Waals surface area contributed by atoms with E-state index in [0.29, 0.717) is 19.4 Å². The molecule has 15 heteroatoms. The molecule has 0 saturated heterocycles. The monoisotopic (exact) mass is 507 g/mol. The van der Waals surface area contributed by atoms with Crippen molar-refractivity contribution in [2.45, 2.75) is 69.1 Å². The third-order valence-electron chi connectivity index (χ3n) is 4.66. The number of unbranched alkanes of at least 4 members (excludes halogenated alkanes) is 1. The van der Waals surface area contributed by atoms with Crippen molar-refractivity contribution in [3.63, 3.8) is 0 Å². The summed E-state index contributed by atoms with van der Waals surface area (Å²) >= 11 is 3.98. The molecule has 0 aromatic rings. The van der Waals surface area contributed by atoms with E-state index in [1.54, 1.807) is 0 Å². The number of rotatable bonds is 18. The van der Waals surface area contributed by atoms with Crippen LogP contribution in [0.4, 0.5) is 0 Å². The second-order valence-corrected chi connectivity index (χ2v) is 7.83. The highest BCUT2D eigenvalue weighted by Crippen LogP contribution is 2.05. The molecule has 0 radical (unpaired) electrons. The van der Waals surface area contributed by atoms with Crippen LogP contribution in [-0.4, -0.2) is 87.4 Å². The minimum absolute atomic E-state index is 0.0847. The van der Waals surface area contributed by atoms with Crippen LogP contribution < -0.4 is 27.4 Å². The van der Waals surface area contributed by atoms with E-state index in [1.165, 1.54) is 0 Å². The maximum Gasteiger partial charge on any atom is 0.326 e. The maximum absolute atomic E-state index is 12.6. The molecular weight excluding hydrogens is 474 g/mol. The number of hydrogen-bond acceptors (Lipinski definition) is 9. The summed E-state index contributed by atoms with van der Waals surface area (Å²) < 4.78 is 0. The van der Waals surface area contributed by atoms with E-state index in [4.69, 9.17) is 21.7 Å². The highest BCUT2D eigenvalue weighted by atomic mass is 32.1. The summed E-state index contributed by atoms with van der Waals surface area (Å²) in [5, 5.41) is 33.8. The predicted molar refractivity (Wildman–Crippen MR) is 122 cm³/mol. The molecule has 4 atom stereocenters. The van der Waals surface area contributed by atoms with Gasteiger partial charge in [-0.1, -0.05) is 0 Å². The molecule has 0 aliphatic rings. The van der Waals surface area contributed by atoms with Crippen LogP contribution in [0.3, 0.4) is 0 Å². The highest BCUT2D eigenvalue weighted by molar-refractivity contribution is 7.80. The van der Waals surface area contributed by atoms with E-state index in [-0.39, 0.29) is 31.4 Å². The van der Waals surface area contributed by atoms with Crippen molar-refractivity contribution in [1.82, 2.24) is 16.0 Å². The molecule has 0 aliphatic carbocycles. The molecule has 14 nitrogen and oxygen atoms in total. The van der Waals surface area contributed by atoms with Crippen LogP contribution in [0.25, 0.3) is 0 Å². The fourth-order valence-corrected chi connectivity index (χ4v) is 2.97. The van der Waals surface area contributed by atoms with Crippen LogP contribution in [-0.2, 0) is 28.8 Å². The van der Waals surface area contributed by atoms with Gasteiger partial charge in [-0.3, -0.25) is 24.0 Å². The van der Waals surface area contributed by atoms with Gasteiger partial charge in [0.05, 0.1) is 6.04 Å². The molecule has 3 amide bonds. The number of thiol groups is 1. The number of hydrogen-bond donors (Lipinski definition) is 9. The van der Waals surface area contributed by atoms with Crippen molar-refractivity contribution in [1.29, 1.82) is 0 Å². The Kier molecular flexibility index (Phi) is 15.2. The second-order valence-electron chi connectivity index (χ2n) is 7.46. The first kappa shape index (κ1) is 31.1. The lowest BCUT2D eigenvalue weighted by Gasteiger charge is -2.24. The number of amides is 3. The summed E-state index contributed by atoms with van der Waals surface area (Å²) in [6.45, 7) is 0.342. The normalized spacial score (nSPS) is 14.2. The van der Waals surface area contributed by atoms with Gasteiger partial charge in [0.1, 0.15) is 18.1 Å². The van der Waals surface area contributed by atoms with Gasteiger partial charge in [0, 0.05) is 18.6 Å². The SMILES string of the molecule is NCCCCC(NC(=O)C(CCC(=O)O)NC(=O)C(CS)NC(=O)C(N)CCC(=O)O)C(=O)O. The van der Waals surface area contributed by atoms with E-state index >= 15 is 0 Å². The van der Waals surface area contributed by atoms with Crippen molar-refractivity contribution in [2.24, 2.45) is 11.5 Å². The third-order valence-corrected chi connectivity index (χ3v) is 5.03. The number of carboxylic acid groups (broad SMARTS) is 3.